The van der Waals surface area contributed by atoms with E-state index in [1.807, 2.05) is 4.90 Å². The van der Waals surface area contributed by atoms with Crippen molar-refractivity contribution in [3.05, 3.63) is 59.7 Å². The van der Waals surface area contributed by atoms with E-state index in [4.69, 9.17) is 15.9 Å². The first-order chi connectivity index (χ1) is 15.2. The van der Waals surface area contributed by atoms with Crippen molar-refractivity contribution in [3.8, 4) is 23.5 Å². The van der Waals surface area contributed by atoms with Gasteiger partial charge in [-0.3, -0.25) is 4.90 Å². The average molecular weight is 417 g/mol. The highest BCUT2D eigenvalue weighted by molar-refractivity contribution is 5.79. The Hall–Kier alpha value is -2.81. The van der Waals surface area contributed by atoms with Crippen molar-refractivity contribution in [1.29, 1.82) is 0 Å². The summed E-state index contributed by atoms with van der Waals surface area (Å²) in [6.07, 6.45) is 7.38. The number of benzene rings is 2. The second-order valence-corrected chi connectivity index (χ2v) is 8.57. The van der Waals surface area contributed by atoms with Gasteiger partial charge in [0, 0.05) is 58.2 Å². The maximum absolute atomic E-state index is 12.8. The molecule has 5 rings (SSSR count). The summed E-state index contributed by atoms with van der Waals surface area (Å²) in [6.45, 7) is 4.59. The molecule has 2 fully saturated rings. The van der Waals surface area contributed by atoms with Crippen LogP contribution in [0.1, 0.15) is 29.9 Å². The first-order valence-electron chi connectivity index (χ1n) is 11.1. The van der Waals surface area contributed by atoms with E-state index < -0.39 is 0 Å². The van der Waals surface area contributed by atoms with E-state index in [-0.39, 0.29) is 17.6 Å². The fourth-order valence-electron chi connectivity index (χ4n) is 5.26. The molecule has 0 bridgehead atoms. The lowest BCUT2D eigenvalue weighted by Crippen LogP contribution is -2.59. The Bertz CT molecular complexity index is 952. The van der Waals surface area contributed by atoms with Gasteiger partial charge in [0.2, 0.25) is 0 Å². The van der Waals surface area contributed by atoms with Crippen molar-refractivity contribution in [2.45, 2.75) is 24.3 Å². The van der Waals surface area contributed by atoms with Gasteiger partial charge in [-0.15, -0.1) is 6.42 Å². The van der Waals surface area contributed by atoms with E-state index in [1.165, 1.54) is 22.3 Å². The van der Waals surface area contributed by atoms with E-state index in [0.717, 1.165) is 25.9 Å². The van der Waals surface area contributed by atoms with Gasteiger partial charge in [0.05, 0.1) is 5.54 Å². The topological polar surface area (TPSA) is 42.0 Å². The van der Waals surface area contributed by atoms with Crippen molar-refractivity contribution in [1.82, 2.24) is 9.80 Å². The van der Waals surface area contributed by atoms with E-state index in [2.05, 4.69) is 59.4 Å². The maximum atomic E-state index is 12.8. The summed E-state index contributed by atoms with van der Waals surface area (Å²) in [5.41, 5.74) is 4.71. The van der Waals surface area contributed by atoms with Gasteiger partial charge in [0.25, 0.3) is 0 Å². The van der Waals surface area contributed by atoms with Gasteiger partial charge in [0.1, 0.15) is 6.61 Å². The molecule has 2 aromatic carbocycles. The van der Waals surface area contributed by atoms with Crippen LogP contribution in [0.5, 0.6) is 0 Å². The molecule has 1 amide bonds. The lowest BCUT2D eigenvalue weighted by molar-refractivity contribution is -0.0181. The van der Waals surface area contributed by atoms with Crippen LogP contribution in [0.2, 0.25) is 0 Å². The van der Waals surface area contributed by atoms with Crippen LogP contribution in [-0.2, 0) is 9.47 Å². The van der Waals surface area contributed by atoms with E-state index in [0.29, 0.717) is 32.9 Å². The third kappa shape index (κ3) is 3.60. The summed E-state index contributed by atoms with van der Waals surface area (Å²) in [5, 5.41) is 0. The second-order valence-electron chi connectivity index (χ2n) is 8.57. The zero-order chi connectivity index (χ0) is 21.3. The van der Waals surface area contributed by atoms with Crippen LogP contribution in [0.25, 0.3) is 11.1 Å². The van der Waals surface area contributed by atoms with Crippen molar-refractivity contribution in [3.63, 3.8) is 0 Å². The number of nitrogens with zero attached hydrogens (tertiary/aromatic N) is 2. The SMILES string of the molecule is C#CC1(N2CCN(C(=O)OCC3c4ccccc4-c4ccccc43)CC2)CCOCC1. The molecule has 31 heavy (non-hydrogen) atoms. The fourth-order valence-corrected chi connectivity index (χ4v) is 5.26. The van der Waals surface area contributed by atoms with Gasteiger partial charge in [-0.2, -0.15) is 0 Å². The molecular weight excluding hydrogens is 388 g/mol. The molecule has 0 unspecified atom stereocenters. The Morgan fingerprint density at radius 2 is 1.58 bits per heavy atom. The summed E-state index contributed by atoms with van der Waals surface area (Å²) in [4.78, 5) is 17.0. The number of carbonyl (C=O) groups excluding carboxylic acids is 1. The van der Waals surface area contributed by atoms with Crippen LogP contribution in [0.15, 0.2) is 48.5 Å². The highest BCUT2D eigenvalue weighted by atomic mass is 16.6. The molecule has 160 valence electrons. The minimum Gasteiger partial charge on any atom is -0.448 e. The largest absolute Gasteiger partial charge is 0.448 e. The predicted molar refractivity (Wildman–Crippen MR) is 120 cm³/mol. The molecule has 0 saturated carbocycles. The van der Waals surface area contributed by atoms with Crippen LogP contribution in [-0.4, -0.2) is 67.4 Å². The molecule has 2 heterocycles. The molecule has 5 nitrogen and oxygen atoms in total. The zero-order valence-corrected chi connectivity index (χ0v) is 17.8. The summed E-state index contributed by atoms with van der Waals surface area (Å²) < 4.78 is 11.3. The highest BCUT2D eigenvalue weighted by Gasteiger charge is 2.39. The molecule has 0 spiro atoms. The van der Waals surface area contributed by atoms with Gasteiger partial charge < -0.3 is 14.4 Å². The van der Waals surface area contributed by atoms with Crippen molar-refractivity contribution in [2.24, 2.45) is 0 Å². The Kier molecular flexibility index (Phi) is 5.43. The zero-order valence-electron chi connectivity index (χ0n) is 17.8. The molecule has 5 heteroatoms. The lowest BCUT2D eigenvalue weighted by atomic mass is 9.88. The Morgan fingerprint density at radius 1 is 1.00 bits per heavy atom. The molecule has 2 aliphatic heterocycles. The molecule has 3 aliphatic rings. The Balaban J connectivity index is 1.21. The van der Waals surface area contributed by atoms with Crippen LogP contribution >= 0.6 is 0 Å². The molecule has 2 saturated heterocycles. The van der Waals surface area contributed by atoms with Crippen LogP contribution in [0.3, 0.4) is 0 Å². The first-order valence-corrected chi connectivity index (χ1v) is 11.1. The average Bonchev–Trinajstić information content (AvgIpc) is 3.17. The monoisotopic (exact) mass is 416 g/mol. The minimum absolute atomic E-state index is 0.0876. The normalized spacial score (nSPS) is 20.5. The van der Waals surface area contributed by atoms with Crippen molar-refractivity contribution in [2.75, 3.05) is 46.0 Å². The minimum atomic E-state index is -0.233. The van der Waals surface area contributed by atoms with Gasteiger partial charge in [-0.1, -0.05) is 54.5 Å². The number of rotatable bonds is 3. The quantitative estimate of drug-likeness (QED) is 0.715. The smallest absolute Gasteiger partial charge is 0.409 e. The predicted octanol–water partition coefficient (Wildman–Crippen LogP) is 3.74. The number of amides is 1. The number of carbonyl (C=O) groups is 1. The summed E-state index contributed by atoms with van der Waals surface area (Å²) >= 11 is 0. The molecule has 0 radical (unpaired) electrons. The van der Waals surface area contributed by atoms with Gasteiger partial charge in [0.15, 0.2) is 0 Å². The molecule has 2 aromatic rings. The summed E-state index contributed by atoms with van der Waals surface area (Å²) in [5.74, 6) is 3.11. The summed E-state index contributed by atoms with van der Waals surface area (Å²) in [6, 6.07) is 16.8. The number of terminal acetylenes is 1. The molecular formula is C26H28N2O3. The van der Waals surface area contributed by atoms with E-state index >= 15 is 0 Å². The fraction of sp³-hybridized carbons (Fsp3) is 0.423. The third-order valence-corrected chi connectivity index (χ3v) is 7.07. The molecule has 1 aliphatic carbocycles. The van der Waals surface area contributed by atoms with Crippen molar-refractivity contribution < 1.29 is 14.3 Å². The molecule has 0 atom stereocenters. The maximum Gasteiger partial charge on any atom is 0.409 e. The number of hydrogen-bond donors (Lipinski definition) is 0. The molecule has 0 N–H and O–H groups in total. The second kappa shape index (κ2) is 8.37. The number of fused-ring (bicyclic) bond motifs is 3. The number of hydrogen-bond acceptors (Lipinski definition) is 4. The number of ether oxygens (including phenoxy) is 2. The summed E-state index contributed by atoms with van der Waals surface area (Å²) in [7, 11) is 0. The van der Waals surface area contributed by atoms with E-state index in [9.17, 15) is 4.79 Å². The third-order valence-electron chi connectivity index (χ3n) is 7.07. The molecule has 0 aromatic heterocycles. The van der Waals surface area contributed by atoms with Crippen LogP contribution in [0, 0.1) is 12.3 Å². The van der Waals surface area contributed by atoms with Crippen LogP contribution in [0.4, 0.5) is 4.79 Å². The highest BCUT2D eigenvalue weighted by Crippen LogP contribution is 2.44. The van der Waals surface area contributed by atoms with Gasteiger partial charge in [-0.05, 0) is 22.3 Å². The van der Waals surface area contributed by atoms with Crippen LogP contribution < -0.4 is 0 Å². The van der Waals surface area contributed by atoms with Crippen molar-refractivity contribution >= 4 is 6.09 Å². The van der Waals surface area contributed by atoms with Gasteiger partial charge >= 0.3 is 6.09 Å². The first kappa shape index (κ1) is 20.1. The Morgan fingerprint density at radius 3 is 2.16 bits per heavy atom. The number of piperazine rings is 1. The standard InChI is InChI=1S/C26H28N2O3/c1-2-26(11-17-30-18-12-26)28-15-13-27(14-16-28)25(29)31-19-24-22-9-5-3-7-20(22)21-8-4-6-10-23(21)24/h1,3-10,24H,11-19H2. The Labute approximate surface area is 183 Å². The van der Waals surface area contributed by atoms with Gasteiger partial charge in [-0.25, -0.2) is 4.79 Å². The lowest BCUT2D eigenvalue weighted by Gasteiger charge is -2.46. The van der Waals surface area contributed by atoms with E-state index in [1.54, 1.807) is 0 Å².